The molecule has 0 fully saturated rings. The summed E-state index contributed by atoms with van der Waals surface area (Å²) in [5.41, 5.74) is -1.00. The summed E-state index contributed by atoms with van der Waals surface area (Å²) in [6.07, 6.45) is -0.809. The zero-order valence-corrected chi connectivity index (χ0v) is 15.2. The van der Waals surface area contributed by atoms with E-state index in [4.69, 9.17) is 11.6 Å². The second-order valence-electron chi connectivity index (χ2n) is 5.78. The van der Waals surface area contributed by atoms with Crippen LogP contribution in [0.2, 0.25) is 5.15 Å². The predicted molar refractivity (Wildman–Crippen MR) is 92.5 cm³/mol. The second-order valence-corrected chi connectivity index (χ2v) is 6.14. The Morgan fingerprint density at radius 3 is 2.38 bits per heavy atom. The fourth-order valence-corrected chi connectivity index (χ4v) is 2.58. The van der Waals surface area contributed by atoms with Crippen LogP contribution in [0.25, 0.3) is 22.6 Å². The standard InChI is InChI=1S/C17H10ClF6N5/c1-7(17(22,23)24)27-16-11(8-2-3-9(19)13(21)12(8)20)14(18)28-15(29-16)10-6-25-4-5-26-10/h2-7H,1H3,(H,27,28,29)/t7-/m0/s1. The highest BCUT2D eigenvalue weighted by molar-refractivity contribution is 6.32. The van der Waals surface area contributed by atoms with Gasteiger partial charge in [0.2, 0.25) is 0 Å². The summed E-state index contributed by atoms with van der Waals surface area (Å²) < 4.78 is 80.4. The third-order valence-electron chi connectivity index (χ3n) is 3.81. The van der Waals surface area contributed by atoms with Crippen molar-refractivity contribution in [1.82, 2.24) is 19.9 Å². The van der Waals surface area contributed by atoms with Gasteiger partial charge in [-0.15, -0.1) is 0 Å². The maximum atomic E-state index is 14.3. The SMILES string of the molecule is C[C@H](Nc1nc(-c2cnccn2)nc(Cl)c1-c1ccc(F)c(F)c1F)C(F)(F)F. The van der Waals surface area contributed by atoms with E-state index in [9.17, 15) is 26.3 Å². The van der Waals surface area contributed by atoms with Gasteiger partial charge in [-0.3, -0.25) is 4.98 Å². The third-order valence-corrected chi connectivity index (χ3v) is 4.08. The van der Waals surface area contributed by atoms with Crippen molar-refractivity contribution in [2.24, 2.45) is 0 Å². The van der Waals surface area contributed by atoms with E-state index in [1.165, 1.54) is 18.6 Å². The number of aromatic nitrogens is 4. The molecule has 0 bridgehead atoms. The number of nitrogens with one attached hydrogen (secondary N) is 1. The fraction of sp³-hybridized carbons (Fsp3) is 0.176. The molecule has 5 nitrogen and oxygen atoms in total. The van der Waals surface area contributed by atoms with Crippen LogP contribution in [-0.4, -0.2) is 32.2 Å². The predicted octanol–water partition coefficient (Wildman–Crippen LogP) is 5.03. The van der Waals surface area contributed by atoms with Gasteiger partial charge in [-0.25, -0.2) is 28.1 Å². The Balaban J connectivity index is 2.23. The van der Waals surface area contributed by atoms with Gasteiger partial charge >= 0.3 is 6.18 Å². The first kappa shape index (κ1) is 20.8. The largest absolute Gasteiger partial charge is 0.408 e. The third kappa shape index (κ3) is 4.24. The molecule has 3 rings (SSSR count). The van der Waals surface area contributed by atoms with Gasteiger partial charge in [0.05, 0.1) is 11.8 Å². The van der Waals surface area contributed by atoms with E-state index < -0.39 is 51.8 Å². The monoisotopic (exact) mass is 433 g/mol. The number of benzene rings is 1. The van der Waals surface area contributed by atoms with Crippen molar-refractivity contribution in [2.45, 2.75) is 19.1 Å². The van der Waals surface area contributed by atoms with Gasteiger partial charge in [0.1, 0.15) is 22.7 Å². The summed E-state index contributed by atoms with van der Waals surface area (Å²) in [5.74, 6) is -5.68. The first-order chi connectivity index (χ1) is 13.6. The van der Waals surface area contributed by atoms with Gasteiger partial charge in [-0.05, 0) is 19.1 Å². The van der Waals surface area contributed by atoms with Crippen molar-refractivity contribution < 1.29 is 26.3 Å². The molecule has 1 aromatic carbocycles. The molecule has 0 radical (unpaired) electrons. The molecule has 0 aliphatic rings. The first-order valence-electron chi connectivity index (χ1n) is 7.90. The molecule has 152 valence electrons. The lowest BCUT2D eigenvalue weighted by Crippen LogP contribution is -2.33. The van der Waals surface area contributed by atoms with E-state index in [1.54, 1.807) is 0 Å². The normalized spacial score (nSPS) is 12.7. The Morgan fingerprint density at radius 2 is 1.76 bits per heavy atom. The van der Waals surface area contributed by atoms with Crippen LogP contribution >= 0.6 is 11.6 Å². The minimum Gasteiger partial charge on any atom is -0.358 e. The lowest BCUT2D eigenvalue weighted by molar-refractivity contribution is -0.138. The zero-order chi connectivity index (χ0) is 21.3. The summed E-state index contributed by atoms with van der Waals surface area (Å²) in [6, 6.07) is -0.697. The molecule has 1 atom stereocenters. The van der Waals surface area contributed by atoms with Gasteiger partial charge < -0.3 is 5.32 Å². The molecular formula is C17H10ClF6N5. The maximum absolute atomic E-state index is 14.3. The second kappa shape index (κ2) is 7.82. The maximum Gasteiger partial charge on any atom is 0.408 e. The summed E-state index contributed by atoms with van der Waals surface area (Å²) in [4.78, 5) is 15.5. The summed E-state index contributed by atoms with van der Waals surface area (Å²) in [5, 5.41) is 1.57. The molecule has 12 heteroatoms. The number of halogens is 7. The molecule has 0 aliphatic heterocycles. The van der Waals surface area contributed by atoms with Gasteiger partial charge in [-0.1, -0.05) is 11.6 Å². The molecule has 3 aromatic rings. The Labute approximate surface area is 164 Å². The Bertz CT molecular complexity index is 1040. The molecule has 1 N–H and O–H groups in total. The van der Waals surface area contributed by atoms with Gasteiger partial charge in [-0.2, -0.15) is 13.2 Å². The average molecular weight is 434 g/mol. The zero-order valence-electron chi connectivity index (χ0n) is 14.4. The Kier molecular flexibility index (Phi) is 5.60. The van der Waals surface area contributed by atoms with Crippen LogP contribution in [0.5, 0.6) is 0 Å². The molecule has 2 heterocycles. The van der Waals surface area contributed by atoms with Crippen molar-refractivity contribution in [3.05, 3.63) is 53.3 Å². The number of nitrogens with zero attached hydrogens (tertiary/aromatic N) is 4. The van der Waals surface area contributed by atoms with E-state index in [0.717, 1.165) is 13.0 Å². The van der Waals surface area contributed by atoms with Crippen LogP contribution in [0.3, 0.4) is 0 Å². The van der Waals surface area contributed by atoms with Gasteiger partial charge in [0.15, 0.2) is 23.3 Å². The first-order valence-corrected chi connectivity index (χ1v) is 8.28. The van der Waals surface area contributed by atoms with Gasteiger partial charge in [0, 0.05) is 18.0 Å². The molecule has 0 spiro atoms. The van der Waals surface area contributed by atoms with E-state index in [-0.39, 0.29) is 11.5 Å². The molecule has 2 aromatic heterocycles. The van der Waals surface area contributed by atoms with E-state index in [1.807, 2.05) is 0 Å². The van der Waals surface area contributed by atoms with Crippen molar-refractivity contribution in [3.63, 3.8) is 0 Å². The smallest absolute Gasteiger partial charge is 0.358 e. The van der Waals surface area contributed by atoms with Gasteiger partial charge in [0.25, 0.3) is 0 Å². The summed E-state index contributed by atoms with van der Waals surface area (Å²) in [7, 11) is 0. The molecule has 0 saturated carbocycles. The van der Waals surface area contributed by atoms with Crippen LogP contribution in [0, 0.1) is 17.5 Å². The Morgan fingerprint density at radius 1 is 1.03 bits per heavy atom. The van der Waals surface area contributed by atoms with Crippen molar-refractivity contribution in [1.29, 1.82) is 0 Å². The number of alkyl halides is 3. The Hall–Kier alpha value is -2.95. The van der Waals surface area contributed by atoms with Crippen molar-refractivity contribution >= 4 is 17.4 Å². The lowest BCUT2D eigenvalue weighted by atomic mass is 10.1. The molecule has 29 heavy (non-hydrogen) atoms. The fourth-order valence-electron chi connectivity index (χ4n) is 2.31. The topological polar surface area (TPSA) is 63.6 Å². The number of hydrogen-bond acceptors (Lipinski definition) is 5. The minimum atomic E-state index is -4.69. The molecule has 0 amide bonds. The quantitative estimate of drug-likeness (QED) is 0.355. The van der Waals surface area contributed by atoms with Crippen LogP contribution in [0.4, 0.5) is 32.2 Å². The van der Waals surface area contributed by atoms with Crippen LogP contribution < -0.4 is 5.32 Å². The number of rotatable bonds is 4. The van der Waals surface area contributed by atoms with E-state index in [2.05, 4.69) is 25.3 Å². The van der Waals surface area contributed by atoms with Crippen LogP contribution in [-0.2, 0) is 0 Å². The van der Waals surface area contributed by atoms with Crippen molar-refractivity contribution in [3.8, 4) is 22.6 Å². The highest BCUT2D eigenvalue weighted by atomic mass is 35.5. The molecule has 0 unspecified atom stereocenters. The lowest BCUT2D eigenvalue weighted by Gasteiger charge is -2.21. The van der Waals surface area contributed by atoms with E-state index in [0.29, 0.717) is 6.07 Å². The molecule has 0 aliphatic carbocycles. The minimum absolute atomic E-state index is 0.0782. The van der Waals surface area contributed by atoms with Crippen LogP contribution in [0.15, 0.2) is 30.7 Å². The van der Waals surface area contributed by atoms with E-state index >= 15 is 0 Å². The number of hydrogen-bond donors (Lipinski definition) is 1. The highest BCUT2D eigenvalue weighted by Gasteiger charge is 2.37. The highest BCUT2D eigenvalue weighted by Crippen LogP contribution is 2.38. The molecule has 0 saturated heterocycles. The van der Waals surface area contributed by atoms with Crippen molar-refractivity contribution in [2.75, 3.05) is 5.32 Å². The summed E-state index contributed by atoms with van der Waals surface area (Å²) >= 11 is 6.08. The number of anilines is 1. The average Bonchev–Trinajstić information content (AvgIpc) is 2.67. The molecular weight excluding hydrogens is 424 g/mol. The van der Waals surface area contributed by atoms with Crippen LogP contribution in [0.1, 0.15) is 6.92 Å². The summed E-state index contributed by atoms with van der Waals surface area (Å²) in [6.45, 7) is 0.795.